The van der Waals surface area contributed by atoms with Crippen LogP contribution in [-0.2, 0) is 11.3 Å². The minimum absolute atomic E-state index is 0.554. The molecule has 0 aliphatic rings. The Hall–Kier alpha value is -1.39. The number of hydrogen-bond donors (Lipinski definition) is 0. The van der Waals surface area contributed by atoms with Crippen molar-refractivity contribution in [1.82, 2.24) is 4.98 Å². The molecule has 0 aliphatic carbocycles. The van der Waals surface area contributed by atoms with Crippen molar-refractivity contribution in [2.75, 3.05) is 14.2 Å². The molecule has 3 nitrogen and oxygen atoms in total. The number of thiazole rings is 1. The molecule has 0 radical (unpaired) electrons. The van der Waals surface area contributed by atoms with Gasteiger partial charge in [-0.3, -0.25) is 0 Å². The third-order valence-electron chi connectivity index (χ3n) is 2.45. The average molecular weight is 249 g/mol. The summed E-state index contributed by atoms with van der Waals surface area (Å²) in [7, 11) is 3.35. The molecule has 0 saturated heterocycles. The van der Waals surface area contributed by atoms with Gasteiger partial charge in [0.2, 0.25) is 0 Å². The highest BCUT2D eigenvalue weighted by atomic mass is 32.1. The van der Waals surface area contributed by atoms with Gasteiger partial charge in [-0.2, -0.15) is 0 Å². The second-order valence-electron chi connectivity index (χ2n) is 3.76. The minimum atomic E-state index is 0.554. The summed E-state index contributed by atoms with van der Waals surface area (Å²) in [6.45, 7) is 2.62. The van der Waals surface area contributed by atoms with Gasteiger partial charge in [-0.15, -0.1) is 11.3 Å². The Bertz CT molecular complexity index is 508. The summed E-state index contributed by atoms with van der Waals surface area (Å²) in [5.74, 6) is 0.852. The van der Waals surface area contributed by atoms with Gasteiger partial charge in [-0.1, -0.05) is 11.6 Å². The first-order valence-electron chi connectivity index (χ1n) is 5.33. The Morgan fingerprint density at radius 1 is 1.29 bits per heavy atom. The molecular formula is C13H15NO2S. The maximum Gasteiger partial charge on any atom is 0.128 e. The first kappa shape index (κ1) is 12.1. The summed E-state index contributed by atoms with van der Waals surface area (Å²) in [5, 5.41) is 3.01. The number of rotatable bonds is 4. The Morgan fingerprint density at radius 3 is 2.82 bits per heavy atom. The molecule has 0 atom stereocenters. The summed E-state index contributed by atoms with van der Waals surface area (Å²) in [6, 6.07) is 6.09. The third kappa shape index (κ3) is 2.65. The summed E-state index contributed by atoms with van der Waals surface area (Å²) in [5.41, 5.74) is 3.18. The van der Waals surface area contributed by atoms with E-state index in [2.05, 4.69) is 18.0 Å². The molecule has 0 fully saturated rings. The second-order valence-corrected chi connectivity index (χ2v) is 4.71. The fourth-order valence-electron chi connectivity index (χ4n) is 1.65. The highest BCUT2D eigenvalue weighted by Crippen LogP contribution is 2.31. The molecule has 4 heteroatoms. The SMILES string of the molecule is COCc1nc(-c2cc(C)ccc2OC)cs1. The van der Waals surface area contributed by atoms with Crippen LogP contribution in [0.2, 0.25) is 0 Å². The maximum absolute atomic E-state index is 5.36. The predicted octanol–water partition coefficient (Wildman–Crippen LogP) is 3.27. The molecule has 17 heavy (non-hydrogen) atoms. The lowest BCUT2D eigenvalue weighted by molar-refractivity contribution is 0.184. The van der Waals surface area contributed by atoms with E-state index in [-0.39, 0.29) is 0 Å². The van der Waals surface area contributed by atoms with Crippen molar-refractivity contribution in [3.05, 3.63) is 34.2 Å². The van der Waals surface area contributed by atoms with Crippen molar-refractivity contribution < 1.29 is 9.47 Å². The van der Waals surface area contributed by atoms with E-state index in [1.54, 1.807) is 25.6 Å². The molecule has 0 unspecified atom stereocenters. The van der Waals surface area contributed by atoms with Gasteiger partial charge in [-0.25, -0.2) is 4.98 Å². The molecule has 2 rings (SSSR count). The van der Waals surface area contributed by atoms with E-state index in [1.807, 2.05) is 17.5 Å². The summed E-state index contributed by atoms with van der Waals surface area (Å²) >= 11 is 1.60. The number of benzene rings is 1. The van der Waals surface area contributed by atoms with Gasteiger partial charge < -0.3 is 9.47 Å². The molecule has 0 spiro atoms. The van der Waals surface area contributed by atoms with Crippen LogP contribution in [0.15, 0.2) is 23.6 Å². The van der Waals surface area contributed by atoms with Crippen molar-refractivity contribution in [3.8, 4) is 17.0 Å². The molecule has 0 amide bonds. The monoisotopic (exact) mass is 249 g/mol. The third-order valence-corrected chi connectivity index (χ3v) is 3.27. The van der Waals surface area contributed by atoms with Gasteiger partial charge in [0.25, 0.3) is 0 Å². The quantitative estimate of drug-likeness (QED) is 0.833. The maximum atomic E-state index is 5.36. The molecule has 1 heterocycles. The van der Waals surface area contributed by atoms with Crippen LogP contribution >= 0.6 is 11.3 Å². The van der Waals surface area contributed by atoms with E-state index >= 15 is 0 Å². The Balaban J connectivity index is 2.40. The molecular weight excluding hydrogens is 234 g/mol. The van der Waals surface area contributed by atoms with E-state index in [9.17, 15) is 0 Å². The predicted molar refractivity (Wildman–Crippen MR) is 69.6 cm³/mol. The van der Waals surface area contributed by atoms with Crippen LogP contribution in [0.4, 0.5) is 0 Å². The summed E-state index contributed by atoms with van der Waals surface area (Å²) < 4.78 is 10.4. The fraction of sp³-hybridized carbons (Fsp3) is 0.308. The van der Waals surface area contributed by atoms with Crippen LogP contribution in [0, 0.1) is 6.92 Å². The number of nitrogens with zero attached hydrogens (tertiary/aromatic N) is 1. The van der Waals surface area contributed by atoms with Crippen LogP contribution in [0.5, 0.6) is 5.75 Å². The molecule has 0 N–H and O–H groups in total. The van der Waals surface area contributed by atoms with Crippen LogP contribution in [0.25, 0.3) is 11.3 Å². The molecule has 1 aromatic heterocycles. The van der Waals surface area contributed by atoms with Gasteiger partial charge in [0.05, 0.1) is 19.4 Å². The normalized spacial score (nSPS) is 10.5. The van der Waals surface area contributed by atoms with E-state index in [4.69, 9.17) is 9.47 Å². The number of aryl methyl sites for hydroxylation is 1. The number of methoxy groups -OCH3 is 2. The molecule has 0 saturated carbocycles. The largest absolute Gasteiger partial charge is 0.496 e. The van der Waals surface area contributed by atoms with Crippen molar-refractivity contribution in [2.24, 2.45) is 0 Å². The van der Waals surface area contributed by atoms with Crippen LogP contribution in [0.3, 0.4) is 0 Å². The standard InChI is InChI=1S/C13H15NO2S/c1-9-4-5-12(16-3)10(6-9)11-8-17-13(14-11)7-15-2/h4-6,8H,7H2,1-3H3. The van der Waals surface area contributed by atoms with Gasteiger partial charge in [0.1, 0.15) is 10.8 Å². The average Bonchev–Trinajstić information content (AvgIpc) is 2.78. The van der Waals surface area contributed by atoms with E-state index in [0.29, 0.717) is 6.61 Å². The topological polar surface area (TPSA) is 31.4 Å². The van der Waals surface area contributed by atoms with Crippen molar-refractivity contribution in [3.63, 3.8) is 0 Å². The minimum Gasteiger partial charge on any atom is -0.496 e. The second kappa shape index (κ2) is 5.29. The van der Waals surface area contributed by atoms with Gasteiger partial charge in [-0.05, 0) is 19.1 Å². The van der Waals surface area contributed by atoms with Gasteiger partial charge in [0.15, 0.2) is 0 Å². The van der Waals surface area contributed by atoms with Gasteiger partial charge >= 0.3 is 0 Å². The first-order valence-corrected chi connectivity index (χ1v) is 6.21. The highest BCUT2D eigenvalue weighted by molar-refractivity contribution is 7.09. The zero-order valence-electron chi connectivity index (χ0n) is 10.2. The zero-order valence-corrected chi connectivity index (χ0v) is 11.0. The Labute approximate surface area is 105 Å². The molecule has 90 valence electrons. The van der Waals surface area contributed by atoms with Crippen molar-refractivity contribution in [1.29, 1.82) is 0 Å². The summed E-state index contributed by atoms with van der Waals surface area (Å²) in [4.78, 5) is 4.53. The lowest BCUT2D eigenvalue weighted by atomic mass is 10.1. The molecule has 0 aliphatic heterocycles. The van der Waals surface area contributed by atoms with Gasteiger partial charge in [0, 0.05) is 18.1 Å². The van der Waals surface area contributed by atoms with Crippen molar-refractivity contribution >= 4 is 11.3 Å². The molecule has 1 aromatic carbocycles. The fourth-order valence-corrected chi connectivity index (χ4v) is 2.41. The summed E-state index contributed by atoms with van der Waals surface area (Å²) in [6.07, 6.45) is 0. The lowest BCUT2D eigenvalue weighted by Gasteiger charge is -2.06. The lowest BCUT2D eigenvalue weighted by Crippen LogP contribution is -1.90. The first-order chi connectivity index (χ1) is 8.24. The van der Waals surface area contributed by atoms with Crippen molar-refractivity contribution in [2.45, 2.75) is 13.5 Å². The van der Waals surface area contributed by atoms with Crippen LogP contribution in [0.1, 0.15) is 10.6 Å². The highest BCUT2D eigenvalue weighted by Gasteiger charge is 2.10. The number of hydrogen-bond acceptors (Lipinski definition) is 4. The smallest absolute Gasteiger partial charge is 0.128 e. The molecule has 0 bridgehead atoms. The Kier molecular flexibility index (Phi) is 3.76. The van der Waals surface area contributed by atoms with E-state index in [1.165, 1.54) is 5.56 Å². The van der Waals surface area contributed by atoms with Crippen LogP contribution < -0.4 is 4.74 Å². The number of ether oxygens (including phenoxy) is 2. The van der Waals surface area contributed by atoms with E-state index < -0.39 is 0 Å². The molecule has 2 aromatic rings. The number of aromatic nitrogens is 1. The van der Waals surface area contributed by atoms with E-state index in [0.717, 1.165) is 22.0 Å². The van der Waals surface area contributed by atoms with Crippen LogP contribution in [-0.4, -0.2) is 19.2 Å². The Morgan fingerprint density at radius 2 is 2.12 bits per heavy atom. The zero-order chi connectivity index (χ0) is 12.3.